The number of urea groups is 1. The Morgan fingerprint density at radius 1 is 1.30 bits per heavy atom. The summed E-state index contributed by atoms with van der Waals surface area (Å²) in [7, 11) is 0. The predicted octanol–water partition coefficient (Wildman–Crippen LogP) is 2.50. The van der Waals surface area contributed by atoms with E-state index in [-0.39, 0.29) is 18.5 Å². The first-order chi connectivity index (χ1) is 9.56. The standard InChI is InChI=1S/C14H18BrN3O2/c1-10-4-5-12(11(15)8-10)17-14(20)16-9-13(19)18-6-2-3-7-18/h4-5,8H,2-3,6-7,9H2,1H3,(H2,16,17,20). The quantitative estimate of drug-likeness (QED) is 0.888. The van der Waals surface area contributed by atoms with E-state index in [0.29, 0.717) is 5.69 Å². The highest BCUT2D eigenvalue weighted by Gasteiger charge is 2.18. The van der Waals surface area contributed by atoms with Gasteiger partial charge in [-0.15, -0.1) is 0 Å². The van der Waals surface area contributed by atoms with Gasteiger partial charge in [0.2, 0.25) is 5.91 Å². The number of likely N-dealkylation sites (tertiary alicyclic amines) is 1. The minimum Gasteiger partial charge on any atom is -0.341 e. The van der Waals surface area contributed by atoms with Gasteiger partial charge in [-0.25, -0.2) is 4.79 Å². The topological polar surface area (TPSA) is 61.4 Å². The monoisotopic (exact) mass is 339 g/mol. The van der Waals surface area contributed by atoms with E-state index in [2.05, 4.69) is 26.6 Å². The summed E-state index contributed by atoms with van der Waals surface area (Å²) in [6.07, 6.45) is 2.10. The number of hydrogen-bond donors (Lipinski definition) is 2. The Kier molecular flexibility index (Phi) is 5.00. The molecule has 1 aromatic rings. The Labute approximate surface area is 126 Å². The van der Waals surface area contributed by atoms with Crippen molar-refractivity contribution in [2.75, 3.05) is 25.0 Å². The molecule has 0 radical (unpaired) electrons. The predicted molar refractivity (Wildman–Crippen MR) is 81.7 cm³/mol. The molecule has 0 bridgehead atoms. The van der Waals surface area contributed by atoms with Crippen molar-refractivity contribution in [1.82, 2.24) is 10.2 Å². The zero-order chi connectivity index (χ0) is 14.5. The lowest BCUT2D eigenvalue weighted by Crippen LogP contribution is -2.40. The second-order valence-corrected chi connectivity index (χ2v) is 5.73. The summed E-state index contributed by atoms with van der Waals surface area (Å²) < 4.78 is 0.818. The van der Waals surface area contributed by atoms with E-state index < -0.39 is 0 Å². The van der Waals surface area contributed by atoms with Gasteiger partial charge in [0.15, 0.2) is 0 Å². The number of amides is 3. The van der Waals surface area contributed by atoms with Crippen molar-refractivity contribution >= 4 is 33.6 Å². The Bertz CT molecular complexity index is 513. The first kappa shape index (κ1) is 14.8. The number of carbonyl (C=O) groups excluding carboxylic acids is 2. The second kappa shape index (κ2) is 6.74. The van der Waals surface area contributed by atoms with Crippen molar-refractivity contribution < 1.29 is 9.59 Å². The molecule has 2 rings (SSSR count). The highest BCUT2D eigenvalue weighted by atomic mass is 79.9. The molecule has 0 unspecified atom stereocenters. The number of rotatable bonds is 3. The maximum absolute atomic E-state index is 11.8. The van der Waals surface area contributed by atoms with E-state index in [1.165, 1.54) is 0 Å². The van der Waals surface area contributed by atoms with Gasteiger partial charge in [-0.3, -0.25) is 4.79 Å². The lowest BCUT2D eigenvalue weighted by molar-refractivity contribution is -0.128. The molecular formula is C14H18BrN3O2. The molecule has 1 aliphatic rings. The Hall–Kier alpha value is -1.56. The van der Waals surface area contributed by atoms with Gasteiger partial charge in [0.25, 0.3) is 0 Å². The number of benzene rings is 1. The number of hydrogen-bond acceptors (Lipinski definition) is 2. The van der Waals surface area contributed by atoms with Crippen LogP contribution >= 0.6 is 15.9 Å². The van der Waals surface area contributed by atoms with Gasteiger partial charge in [0.1, 0.15) is 0 Å². The van der Waals surface area contributed by atoms with E-state index in [9.17, 15) is 9.59 Å². The van der Waals surface area contributed by atoms with Crippen molar-refractivity contribution in [1.29, 1.82) is 0 Å². The SMILES string of the molecule is Cc1ccc(NC(=O)NCC(=O)N2CCCC2)c(Br)c1. The second-order valence-electron chi connectivity index (χ2n) is 4.88. The lowest BCUT2D eigenvalue weighted by atomic mass is 10.2. The Balaban J connectivity index is 1.81. The van der Waals surface area contributed by atoms with Crippen LogP contribution in [-0.4, -0.2) is 36.5 Å². The number of carbonyl (C=O) groups is 2. The van der Waals surface area contributed by atoms with Crippen LogP contribution in [0.3, 0.4) is 0 Å². The summed E-state index contributed by atoms with van der Waals surface area (Å²) in [6.45, 7) is 3.61. The van der Waals surface area contributed by atoms with Gasteiger partial charge in [-0.1, -0.05) is 6.07 Å². The molecule has 0 atom stereocenters. The van der Waals surface area contributed by atoms with Crippen LogP contribution in [0.5, 0.6) is 0 Å². The molecule has 1 heterocycles. The summed E-state index contributed by atoms with van der Waals surface area (Å²) in [6, 6.07) is 5.28. The minimum absolute atomic E-state index is 0.0272. The van der Waals surface area contributed by atoms with Crippen LogP contribution in [0.15, 0.2) is 22.7 Å². The summed E-state index contributed by atoms with van der Waals surface area (Å²) in [5, 5.41) is 5.30. The average Bonchev–Trinajstić information content (AvgIpc) is 2.93. The van der Waals surface area contributed by atoms with Gasteiger partial charge in [0, 0.05) is 17.6 Å². The number of anilines is 1. The number of nitrogens with zero attached hydrogens (tertiary/aromatic N) is 1. The maximum Gasteiger partial charge on any atom is 0.319 e. The van der Waals surface area contributed by atoms with E-state index in [1.807, 2.05) is 25.1 Å². The summed E-state index contributed by atoms with van der Waals surface area (Å²) in [5.74, 6) is -0.0272. The molecule has 108 valence electrons. The van der Waals surface area contributed by atoms with Crippen LogP contribution < -0.4 is 10.6 Å². The van der Waals surface area contributed by atoms with E-state index in [0.717, 1.165) is 36.0 Å². The van der Waals surface area contributed by atoms with Crippen molar-refractivity contribution in [3.05, 3.63) is 28.2 Å². The molecule has 0 aliphatic carbocycles. The van der Waals surface area contributed by atoms with Crippen molar-refractivity contribution in [2.24, 2.45) is 0 Å². The number of nitrogens with one attached hydrogen (secondary N) is 2. The van der Waals surface area contributed by atoms with Crippen LogP contribution in [0.1, 0.15) is 18.4 Å². The van der Waals surface area contributed by atoms with Crippen LogP contribution in [0, 0.1) is 6.92 Å². The maximum atomic E-state index is 11.8. The fourth-order valence-electron chi connectivity index (χ4n) is 2.12. The number of aryl methyl sites for hydroxylation is 1. The van der Waals surface area contributed by atoms with E-state index in [1.54, 1.807) is 4.90 Å². The molecule has 3 amide bonds. The highest BCUT2D eigenvalue weighted by molar-refractivity contribution is 9.10. The molecule has 1 fully saturated rings. The molecule has 20 heavy (non-hydrogen) atoms. The third kappa shape index (κ3) is 3.96. The van der Waals surface area contributed by atoms with Gasteiger partial charge < -0.3 is 15.5 Å². The van der Waals surface area contributed by atoms with Crippen LogP contribution in [0.25, 0.3) is 0 Å². The normalized spacial score (nSPS) is 14.2. The first-order valence-electron chi connectivity index (χ1n) is 6.65. The van der Waals surface area contributed by atoms with E-state index in [4.69, 9.17) is 0 Å². The van der Waals surface area contributed by atoms with Gasteiger partial charge in [-0.2, -0.15) is 0 Å². The van der Waals surface area contributed by atoms with Gasteiger partial charge in [-0.05, 0) is 53.4 Å². The molecule has 0 spiro atoms. The van der Waals surface area contributed by atoms with Crippen molar-refractivity contribution in [3.63, 3.8) is 0 Å². The van der Waals surface area contributed by atoms with Crippen molar-refractivity contribution in [3.8, 4) is 0 Å². The molecule has 1 saturated heterocycles. The molecule has 1 aliphatic heterocycles. The summed E-state index contributed by atoms with van der Waals surface area (Å²) in [4.78, 5) is 25.3. The summed E-state index contributed by atoms with van der Waals surface area (Å²) >= 11 is 3.39. The van der Waals surface area contributed by atoms with Crippen LogP contribution in [0.4, 0.5) is 10.5 Å². The van der Waals surface area contributed by atoms with Crippen molar-refractivity contribution in [2.45, 2.75) is 19.8 Å². The third-order valence-electron chi connectivity index (χ3n) is 3.23. The molecule has 2 N–H and O–H groups in total. The van der Waals surface area contributed by atoms with E-state index >= 15 is 0 Å². The third-order valence-corrected chi connectivity index (χ3v) is 3.89. The fraction of sp³-hybridized carbons (Fsp3) is 0.429. The first-order valence-corrected chi connectivity index (χ1v) is 7.44. The molecule has 5 nitrogen and oxygen atoms in total. The summed E-state index contributed by atoms with van der Waals surface area (Å²) in [5.41, 5.74) is 1.79. The molecule has 6 heteroatoms. The highest BCUT2D eigenvalue weighted by Crippen LogP contribution is 2.23. The molecule has 1 aromatic carbocycles. The van der Waals surface area contributed by atoms with Crippen LogP contribution in [0.2, 0.25) is 0 Å². The zero-order valence-electron chi connectivity index (χ0n) is 11.4. The lowest BCUT2D eigenvalue weighted by Gasteiger charge is -2.16. The smallest absolute Gasteiger partial charge is 0.319 e. The zero-order valence-corrected chi connectivity index (χ0v) is 13.0. The molecule has 0 saturated carbocycles. The van der Waals surface area contributed by atoms with Gasteiger partial charge >= 0.3 is 6.03 Å². The van der Waals surface area contributed by atoms with Crippen LogP contribution in [-0.2, 0) is 4.79 Å². The fourth-order valence-corrected chi connectivity index (χ4v) is 2.71. The number of halogens is 1. The average molecular weight is 340 g/mol. The molecule has 0 aromatic heterocycles. The van der Waals surface area contributed by atoms with Gasteiger partial charge in [0.05, 0.1) is 12.2 Å². The Morgan fingerprint density at radius 3 is 2.65 bits per heavy atom. The largest absolute Gasteiger partial charge is 0.341 e. The minimum atomic E-state index is -0.373. The Morgan fingerprint density at radius 2 is 2.00 bits per heavy atom. The molecular weight excluding hydrogens is 322 g/mol.